The summed E-state index contributed by atoms with van der Waals surface area (Å²) < 4.78 is 39.6. The van der Waals surface area contributed by atoms with Crippen LogP contribution in [0.1, 0.15) is 31.9 Å². The normalized spacial score (nSPS) is 11.9. The Balaban J connectivity index is 1.61. The Labute approximate surface area is 159 Å². The van der Waals surface area contributed by atoms with Gasteiger partial charge in [0.2, 0.25) is 0 Å². The smallest absolute Gasteiger partial charge is 0.384 e. The van der Waals surface area contributed by atoms with Crippen LogP contribution >= 0.6 is 11.8 Å². The molecule has 0 saturated heterocycles. The molecule has 0 spiro atoms. The maximum absolute atomic E-state index is 12.7. The van der Waals surface area contributed by atoms with Crippen molar-refractivity contribution in [1.29, 1.82) is 0 Å². The predicted octanol–water partition coefficient (Wildman–Crippen LogP) is 3.36. The molecule has 1 aromatic heterocycles. The largest absolute Gasteiger partial charge is 0.416 e. The molecule has 2 rings (SSSR count). The van der Waals surface area contributed by atoms with Crippen LogP contribution in [0.3, 0.4) is 0 Å². The van der Waals surface area contributed by atoms with Crippen molar-refractivity contribution in [2.75, 3.05) is 30.7 Å². The number of rotatable bonds is 10. The maximum atomic E-state index is 12.7. The second-order valence-corrected chi connectivity index (χ2v) is 7.29. The van der Waals surface area contributed by atoms with Crippen molar-refractivity contribution in [1.82, 2.24) is 20.1 Å². The molecule has 0 radical (unpaired) electrons. The van der Waals surface area contributed by atoms with E-state index in [4.69, 9.17) is 0 Å². The number of halogens is 3. The molecule has 0 fully saturated rings. The highest BCUT2D eigenvalue weighted by Crippen LogP contribution is 2.30. The summed E-state index contributed by atoms with van der Waals surface area (Å²) in [7, 11) is 0. The molecule has 150 valence electrons. The van der Waals surface area contributed by atoms with Gasteiger partial charge in [-0.15, -0.1) is 5.10 Å². The molecule has 0 amide bonds. The molecule has 0 aliphatic heterocycles. The molecule has 2 aromatic rings. The fourth-order valence-corrected chi connectivity index (χ4v) is 3.45. The number of thioether (sulfide) groups is 1. The highest BCUT2D eigenvalue weighted by molar-refractivity contribution is 7.99. The van der Waals surface area contributed by atoms with E-state index in [2.05, 4.69) is 20.8 Å². The summed E-state index contributed by atoms with van der Waals surface area (Å²) in [5.41, 5.74) is -0.408. The van der Waals surface area contributed by atoms with Gasteiger partial charge in [-0.25, -0.2) is 9.89 Å². The topological polar surface area (TPSA) is 74.7 Å². The summed E-state index contributed by atoms with van der Waals surface area (Å²) in [5, 5.41) is 13.4. The second kappa shape index (κ2) is 9.84. The number of nitrogens with one attached hydrogen (secondary N) is 3. The molecule has 3 N–H and O–H groups in total. The van der Waals surface area contributed by atoms with Crippen molar-refractivity contribution in [2.24, 2.45) is 0 Å². The first-order chi connectivity index (χ1) is 12.8. The molecule has 1 aromatic carbocycles. The van der Waals surface area contributed by atoms with Crippen LogP contribution in [-0.2, 0) is 6.18 Å². The average molecular weight is 403 g/mol. The van der Waals surface area contributed by atoms with Gasteiger partial charge in [0.1, 0.15) is 0 Å². The molecular formula is C17H24F3N5OS. The fraction of sp³-hybridized carbons (Fsp3) is 0.529. The first kappa shape index (κ1) is 21.4. The first-order valence-electron chi connectivity index (χ1n) is 8.70. The number of hydrogen-bond acceptors (Lipinski definition) is 5. The van der Waals surface area contributed by atoms with E-state index in [1.165, 1.54) is 17.8 Å². The Morgan fingerprint density at radius 1 is 1.26 bits per heavy atom. The first-order valence-corrected chi connectivity index (χ1v) is 9.69. The fourth-order valence-electron chi connectivity index (χ4n) is 2.43. The van der Waals surface area contributed by atoms with Crippen molar-refractivity contribution in [3.05, 3.63) is 40.3 Å². The van der Waals surface area contributed by atoms with Crippen LogP contribution in [0, 0.1) is 0 Å². The SMILES string of the molecule is CC(C)n1c(SCCCNCCNc2cccc(C(F)(F)F)c2)n[nH]c1=O. The number of H-pyrrole nitrogens is 1. The van der Waals surface area contributed by atoms with Crippen molar-refractivity contribution >= 4 is 17.4 Å². The molecule has 0 saturated carbocycles. The standard InChI is InChI=1S/C17H24F3N5OS/c1-12(2)25-15(26)23-24-16(25)27-10-4-7-21-8-9-22-14-6-3-5-13(11-14)17(18,19)20/h3,5-6,11-12,21-22H,4,7-10H2,1-2H3,(H,23,26). The third kappa shape index (κ3) is 6.62. The van der Waals surface area contributed by atoms with E-state index in [1.807, 2.05) is 13.8 Å². The number of aromatic nitrogens is 3. The van der Waals surface area contributed by atoms with Crippen molar-refractivity contribution in [3.8, 4) is 0 Å². The summed E-state index contributed by atoms with van der Waals surface area (Å²) in [4.78, 5) is 11.6. The molecule has 10 heteroatoms. The van der Waals surface area contributed by atoms with E-state index in [1.54, 1.807) is 10.6 Å². The summed E-state index contributed by atoms with van der Waals surface area (Å²) in [6.45, 7) is 5.80. The monoisotopic (exact) mass is 403 g/mol. The van der Waals surface area contributed by atoms with E-state index >= 15 is 0 Å². The van der Waals surface area contributed by atoms with Gasteiger partial charge >= 0.3 is 11.9 Å². The zero-order chi connectivity index (χ0) is 19.9. The molecule has 0 aliphatic rings. The highest BCUT2D eigenvalue weighted by Gasteiger charge is 2.30. The Morgan fingerprint density at radius 3 is 2.74 bits per heavy atom. The lowest BCUT2D eigenvalue weighted by molar-refractivity contribution is -0.137. The van der Waals surface area contributed by atoms with Crippen molar-refractivity contribution < 1.29 is 13.2 Å². The lowest BCUT2D eigenvalue weighted by atomic mass is 10.2. The summed E-state index contributed by atoms with van der Waals surface area (Å²) >= 11 is 1.52. The van der Waals surface area contributed by atoms with Crippen LogP contribution in [0.5, 0.6) is 0 Å². The van der Waals surface area contributed by atoms with Gasteiger partial charge in [0.15, 0.2) is 5.16 Å². The van der Waals surface area contributed by atoms with Crippen LogP contribution in [0.2, 0.25) is 0 Å². The number of nitrogens with zero attached hydrogens (tertiary/aromatic N) is 2. The van der Waals surface area contributed by atoms with E-state index in [-0.39, 0.29) is 11.7 Å². The van der Waals surface area contributed by atoms with Gasteiger partial charge in [0, 0.05) is 30.6 Å². The van der Waals surface area contributed by atoms with Crippen LogP contribution in [0.15, 0.2) is 34.2 Å². The zero-order valence-corrected chi connectivity index (χ0v) is 16.1. The molecule has 0 bridgehead atoms. The van der Waals surface area contributed by atoms with Gasteiger partial charge in [-0.05, 0) is 45.0 Å². The zero-order valence-electron chi connectivity index (χ0n) is 15.3. The molecule has 0 atom stereocenters. The van der Waals surface area contributed by atoms with E-state index < -0.39 is 11.7 Å². The molecule has 6 nitrogen and oxygen atoms in total. The lowest BCUT2D eigenvalue weighted by Crippen LogP contribution is -2.23. The quantitative estimate of drug-likeness (QED) is 0.419. The van der Waals surface area contributed by atoms with E-state index in [9.17, 15) is 18.0 Å². The van der Waals surface area contributed by atoms with Gasteiger partial charge in [-0.1, -0.05) is 17.8 Å². The summed E-state index contributed by atoms with van der Waals surface area (Å²) in [6, 6.07) is 5.22. The van der Waals surface area contributed by atoms with Crippen LogP contribution < -0.4 is 16.3 Å². The second-order valence-electron chi connectivity index (χ2n) is 6.23. The Bertz CT molecular complexity index is 772. The highest BCUT2D eigenvalue weighted by atomic mass is 32.2. The minimum absolute atomic E-state index is 0.0544. The van der Waals surface area contributed by atoms with E-state index in [0.717, 1.165) is 30.9 Å². The number of benzene rings is 1. The number of alkyl halides is 3. The molecular weight excluding hydrogens is 379 g/mol. The lowest BCUT2D eigenvalue weighted by Gasteiger charge is -2.11. The summed E-state index contributed by atoms with van der Waals surface area (Å²) in [5.74, 6) is 0.811. The van der Waals surface area contributed by atoms with Crippen molar-refractivity contribution in [2.45, 2.75) is 37.6 Å². The van der Waals surface area contributed by atoms with Gasteiger partial charge in [-0.2, -0.15) is 13.2 Å². The molecule has 1 heterocycles. The summed E-state index contributed by atoms with van der Waals surface area (Å²) in [6.07, 6.45) is -3.45. The van der Waals surface area contributed by atoms with E-state index in [0.29, 0.717) is 23.9 Å². The number of hydrogen-bond donors (Lipinski definition) is 3. The molecule has 27 heavy (non-hydrogen) atoms. The third-order valence-corrected chi connectivity index (χ3v) is 4.78. The Hall–Kier alpha value is -1.94. The predicted molar refractivity (Wildman–Crippen MR) is 101 cm³/mol. The van der Waals surface area contributed by atoms with Crippen LogP contribution in [0.4, 0.5) is 18.9 Å². The number of anilines is 1. The van der Waals surface area contributed by atoms with Crippen LogP contribution in [0.25, 0.3) is 0 Å². The third-order valence-electron chi connectivity index (χ3n) is 3.74. The average Bonchev–Trinajstić information content (AvgIpc) is 2.97. The minimum Gasteiger partial charge on any atom is -0.384 e. The molecule has 0 aliphatic carbocycles. The maximum Gasteiger partial charge on any atom is 0.416 e. The Kier molecular flexibility index (Phi) is 7.78. The minimum atomic E-state index is -4.33. The van der Waals surface area contributed by atoms with Gasteiger partial charge in [-0.3, -0.25) is 4.57 Å². The number of aromatic amines is 1. The molecule has 0 unspecified atom stereocenters. The van der Waals surface area contributed by atoms with Crippen molar-refractivity contribution in [3.63, 3.8) is 0 Å². The van der Waals surface area contributed by atoms with Crippen LogP contribution in [-0.4, -0.2) is 40.2 Å². The Morgan fingerprint density at radius 2 is 2.04 bits per heavy atom. The van der Waals surface area contributed by atoms with Gasteiger partial charge in [0.25, 0.3) is 0 Å². The van der Waals surface area contributed by atoms with Gasteiger partial charge < -0.3 is 10.6 Å². The van der Waals surface area contributed by atoms with Gasteiger partial charge in [0.05, 0.1) is 5.56 Å².